The molecule has 6 heteroatoms. The summed E-state index contributed by atoms with van der Waals surface area (Å²) < 4.78 is 0. The molecule has 1 aliphatic heterocycles. The lowest BCUT2D eigenvalue weighted by molar-refractivity contribution is 0.0697. The second kappa shape index (κ2) is 8.01. The number of rotatable bonds is 5. The van der Waals surface area contributed by atoms with Gasteiger partial charge in [-0.15, -0.1) is 0 Å². The minimum Gasteiger partial charge on any atom is -0.478 e. The van der Waals surface area contributed by atoms with E-state index in [1.165, 1.54) is 0 Å². The number of aromatic carboxylic acids is 1. The molecule has 2 aromatic carbocycles. The molecule has 6 nitrogen and oxygen atoms in total. The maximum atomic E-state index is 11.8. The zero-order chi connectivity index (χ0) is 20.4. The Morgan fingerprint density at radius 1 is 1.21 bits per heavy atom. The predicted molar refractivity (Wildman–Crippen MR) is 111 cm³/mol. The normalized spacial score (nSPS) is 16.8. The molecule has 1 saturated heterocycles. The number of aromatic nitrogens is 2. The van der Waals surface area contributed by atoms with Gasteiger partial charge in [0, 0.05) is 12.6 Å². The molecule has 4 rings (SSSR count). The minimum absolute atomic E-state index is 0.110. The van der Waals surface area contributed by atoms with E-state index in [1.807, 2.05) is 36.4 Å². The molecule has 1 aromatic heterocycles. The van der Waals surface area contributed by atoms with Crippen molar-refractivity contribution < 1.29 is 9.90 Å². The highest BCUT2D eigenvalue weighted by Crippen LogP contribution is 2.32. The van der Waals surface area contributed by atoms with Gasteiger partial charge in [0.2, 0.25) is 0 Å². The summed E-state index contributed by atoms with van der Waals surface area (Å²) in [6, 6.07) is 16.8. The average molecular weight is 389 g/mol. The maximum Gasteiger partial charge on any atom is 0.336 e. The van der Waals surface area contributed by atoms with Gasteiger partial charge in [-0.1, -0.05) is 42.5 Å². The fourth-order valence-corrected chi connectivity index (χ4v) is 4.07. The molecule has 0 unspecified atom stereocenters. The largest absolute Gasteiger partial charge is 0.478 e. The van der Waals surface area contributed by atoms with Crippen LogP contribution in [-0.4, -0.2) is 32.5 Å². The number of nitrogens with zero attached hydrogens (tertiary/aromatic N) is 2. The van der Waals surface area contributed by atoms with Crippen molar-refractivity contribution in [3.8, 4) is 11.1 Å². The van der Waals surface area contributed by atoms with E-state index in [9.17, 15) is 14.7 Å². The number of benzene rings is 2. The number of hydrogen-bond donors (Lipinski definition) is 2. The number of carboxylic acids is 1. The van der Waals surface area contributed by atoms with Crippen molar-refractivity contribution >= 4 is 5.97 Å². The standard InChI is InChI=1S/C23H23N3O3/c1-15-24-20(13-22(27)25-15)21-7-4-12-26(21)14-16-8-10-17(11-9-16)18-5-2-3-6-19(18)23(28)29/h2-3,5-6,8-11,13,21H,4,7,12,14H2,1H3,(H,28,29)(H,24,25,27)/t21-/m1/s1. The fraction of sp³-hybridized carbons (Fsp3) is 0.261. The van der Waals surface area contributed by atoms with Crippen LogP contribution in [0.1, 0.15) is 46.3 Å². The van der Waals surface area contributed by atoms with E-state index < -0.39 is 5.97 Å². The molecule has 3 aromatic rings. The Hall–Kier alpha value is -3.25. The predicted octanol–water partition coefficient (Wildman–Crippen LogP) is 3.78. The Bertz CT molecular complexity index is 1090. The van der Waals surface area contributed by atoms with Crippen LogP contribution in [0.2, 0.25) is 0 Å². The van der Waals surface area contributed by atoms with Crippen LogP contribution >= 0.6 is 0 Å². The number of H-pyrrole nitrogens is 1. The van der Waals surface area contributed by atoms with E-state index >= 15 is 0 Å². The molecule has 2 heterocycles. The van der Waals surface area contributed by atoms with Gasteiger partial charge in [-0.25, -0.2) is 9.78 Å². The van der Waals surface area contributed by atoms with E-state index in [-0.39, 0.29) is 11.6 Å². The summed E-state index contributed by atoms with van der Waals surface area (Å²) >= 11 is 0. The van der Waals surface area contributed by atoms with Crippen LogP contribution in [0.15, 0.2) is 59.4 Å². The van der Waals surface area contributed by atoms with Crippen LogP contribution in [0, 0.1) is 6.92 Å². The van der Waals surface area contributed by atoms with E-state index in [0.717, 1.165) is 42.8 Å². The van der Waals surface area contributed by atoms with Gasteiger partial charge in [0.25, 0.3) is 5.56 Å². The summed E-state index contributed by atoms with van der Waals surface area (Å²) in [4.78, 5) is 32.9. The third-order valence-corrected chi connectivity index (χ3v) is 5.39. The molecular formula is C23H23N3O3. The topological polar surface area (TPSA) is 86.3 Å². The molecule has 0 saturated carbocycles. The first-order valence-electron chi connectivity index (χ1n) is 9.75. The number of aryl methyl sites for hydroxylation is 1. The Morgan fingerprint density at radius 2 is 1.97 bits per heavy atom. The molecule has 29 heavy (non-hydrogen) atoms. The van der Waals surface area contributed by atoms with Crippen molar-refractivity contribution in [1.82, 2.24) is 14.9 Å². The molecule has 0 aliphatic carbocycles. The Kier molecular flexibility index (Phi) is 5.27. The molecule has 0 radical (unpaired) electrons. The number of carboxylic acid groups (broad SMARTS) is 1. The summed E-state index contributed by atoms with van der Waals surface area (Å²) in [6.07, 6.45) is 2.06. The molecule has 0 bridgehead atoms. The van der Waals surface area contributed by atoms with Crippen LogP contribution in [0.5, 0.6) is 0 Å². The summed E-state index contributed by atoms with van der Waals surface area (Å²) in [7, 11) is 0. The van der Waals surface area contributed by atoms with Crippen molar-refractivity contribution in [2.75, 3.05) is 6.54 Å². The lowest BCUT2D eigenvalue weighted by Gasteiger charge is -2.24. The van der Waals surface area contributed by atoms with Gasteiger partial charge in [0.05, 0.1) is 17.3 Å². The van der Waals surface area contributed by atoms with Gasteiger partial charge in [-0.3, -0.25) is 9.69 Å². The number of hydrogen-bond acceptors (Lipinski definition) is 4. The van der Waals surface area contributed by atoms with Crippen LogP contribution in [0.25, 0.3) is 11.1 Å². The van der Waals surface area contributed by atoms with Gasteiger partial charge in [-0.05, 0) is 49.1 Å². The van der Waals surface area contributed by atoms with E-state index in [2.05, 4.69) is 14.9 Å². The molecule has 1 aliphatic rings. The Balaban J connectivity index is 1.54. The van der Waals surface area contributed by atoms with Crippen LogP contribution in [-0.2, 0) is 6.54 Å². The zero-order valence-electron chi connectivity index (χ0n) is 16.3. The molecule has 0 amide bonds. The highest BCUT2D eigenvalue weighted by atomic mass is 16.4. The molecule has 0 spiro atoms. The summed E-state index contributed by atoms with van der Waals surface area (Å²) in [5.41, 5.74) is 3.77. The van der Waals surface area contributed by atoms with Crippen molar-refractivity contribution in [2.45, 2.75) is 32.4 Å². The van der Waals surface area contributed by atoms with Crippen molar-refractivity contribution in [2.24, 2.45) is 0 Å². The van der Waals surface area contributed by atoms with Crippen LogP contribution in [0.4, 0.5) is 0 Å². The first kappa shape index (κ1) is 19.1. The van der Waals surface area contributed by atoms with Crippen LogP contribution in [0.3, 0.4) is 0 Å². The highest BCUT2D eigenvalue weighted by Gasteiger charge is 2.27. The van der Waals surface area contributed by atoms with Crippen LogP contribution < -0.4 is 5.56 Å². The maximum absolute atomic E-state index is 11.8. The summed E-state index contributed by atoms with van der Waals surface area (Å²) in [5, 5.41) is 9.41. The second-order valence-electron chi connectivity index (χ2n) is 7.43. The third kappa shape index (κ3) is 4.12. The third-order valence-electron chi connectivity index (χ3n) is 5.39. The van der Waals surface area contributed by atoms with Gasteiger partial charge in [-0.2, -0.15) is 0 Å². The van der Waals surface area contributed by atoms with Gasteiger partial charge < -0.3 is 10.1 Å². The first-order chi connectivity index (χ1) is 14.0. The molecule has 1 atom stereocenters. The fourth-order valence-electron chi connectivity index (χ4n) is 4.07. The van der Waals surface area contributed by atoms with Crippen molar-refractivity contribution in [1.29, 1.82) is 0 Å². The molecule has 148 valence electrons. The monoisotopic (exact) mass is 389 g/mol. The smallest absolute Gasteiger partial charge is 0.336 e. The number of carbonyl (C=O) groups is 1. The lowest BCUT2D eigenvalue weighted by atomic mass is 9.98. The van der Waals surface area contributed by atoms with E-state index in [1.54, 1.807) is 25.1 Å². The van der Waals surface area contributed by atoms with E-state index in [0.29, 0.717) is 17.0 Å². The van der Waals surface area contributed by atoms with Gasteiger partial charge in [0.1, 0.15) is 5.82 Å². The number of aromatic amines is 1. The molecule has 1 fully saturated rings. The minimum atomic E-state index is -0.926. The van der Waals surface area contributed by atoms with Crippen molar-refractivity contribution in [3.05, 3.63) is 87.6 Å². The second-order valence-corrected chi connectivity index (χ2v) is 7.43. The summed E-state index contributed by atoms with van der Waals surface area (Å²) in [6.45, 7) is 3.53. The molecular weight excluding hydrogens is 366 g/mol. The summed E-state index contributed by atoms with van der Waals surface area (Å²) in [5.74, 6) is -0.286. The van der Waals surface area contributed by atoms with Gasteiger partial charge >= 0.3 is 5.97 Å². The molecule has 2 N–H and O–H groups in total. The number of likely N-dealkylation sites (tertiary alicyclic amines) is 1. The number of nitrogens with one attached hydrogen (secondary N) is 1. The van der Waals surface area contributed by atoms with E-state index in [4.69, 9.17) is 0 Å². The van der Waals surface area contributed by atoms with Crippen molar-refractivity contribution in [3.63, 3.8) is 0 Å². The lowest BCUT2D eigenvalue weighted by Crippen LogP contribution is -2.25. The first-order valence-corrected chi connectivity index (χ1v) is 9.75. The Labute approximate surface area is 168 Å². The SMILES string of the molecule is Cc1nc([C@H]2CCCN2Cc2ccc(-c3ccccc3C(=O)O)cc2)cc(=O)[nH]1. The highest BCUT2D eigenvalue weighted by molar-refractivity contribution is 5.95. The quantitative estimate of drug-likeness (QED) is 0.694. The van der Waals surface area contributed by atoms with Gasteiger partial charge in [0.15, 0.2) is 0 Å². The zero-order valence-corrected chi connectivity index (χ0v) is 16.3. The Morgan fingerprint density at radius 3 is 2.69 bits per heavy atom. The average Bonchev–Trinajstić information content (AvgIpc) is 3.16.